The molecule has 1 aliphatic carbocycles. The van der Waals surface area contributed by atoms with Crippen molar-refractivity contribution in [2.45, 2.75) is 38.1 Å². The van der Waals surface area contributed by atoms with Gasteiger partial charge in [-0.05, 0) is 56.4 Å². The summed E-state index contributed by atoms with van der Waals surface area (Å²) >= 11 is 6.18. The van der Waals surface area contributed by atoms with E-state index < -0.39 is 11.2 Å². The average Bonchev–Trinajstić information content (AvgIpc) is 3.33. The van der Waals surface area contributed by atoms with Crippen LogP contribution >= 0.6 is 11.6 Å². The summed E-state index contributed by atoms with van der Waals surface area (Å²) in [6.07, 6.45) is 6.95. The van der Waals surface area contributed by atoms with E-state index in [2.05, 4.69) is 15.4 Å². The molecule has 1 saturated carbocycles. The van der Waals surface area contributed by atoms with Crippen LogP contribution in [-0.4, -0.2) is 39.0 Å². The zero-order valence-electron chi connectivity index (χ0n) is 16.7. The summed E-state index contributed by atoms with van der Waals surface area (Å²) in [7, 11) is 0. The minimum atomic E-state index is -0.439. The topological polar surface area (TPSA) is 79.6 Å². The smallest absolute Gasteiger partial charge is 0.272 e. The molecule has 7 nitrogen and oxygen atoms in total. The molecule has 0 atom stereocenters. The highest BCUT2D eigenvalue weighted by Crippen LogP contribution is 2.47. The SMILES string of the molecule is O=C(NC1CCC2(CC1)CCN(c1ccc(F)cc1Cl)C2=O)c1cc2ncccn2n1. The number of rotatable bonds is 3. The second kappa shape index (κ2) is 7.60. The predicted molar refractivity (Wildman–Crippen MR) is 114 cm³/mol. The van der Waals surface area contributed by atoms with Crippen molar-refractivity contribution in [3.05, 3.63) is 59.3 Å². The van der Waals surface area contributed by atoms with Gasteiger partial charge in [-0.15, -0.1) is 0 Å². The van der Waals surface area contributed by atoms with E-state index in [1.54, 1.807) is 40.0 Å². The van der Waals surface area contributed by atoms with E-state index >= 15 is 0 Å². The molecule has 0 bridgehead atoms. The van der Waals surface area contributed by atoms with E-state index in [0.717, 1.165) is 6.42 Å². The molecule has 0 unspecified atom stereocenters. The minimum Gasteiger partial charge on any atom is -0.348 e. The van der Waals surface area contributed by atoms with Crippen LogP contribution in [0.15, 0.2) is 42.7 Å². The minimum absolute atomic E-state index is 0.00726. The number of carbonyl (C=O) groups is 2. The molecular weight excluding hydrogens is 421 g/mol. The average molecular weight is 442 g/mol. The molecule has 1 aromatic carbocycles. The van der Waals surface area contributed by atoms with Gasteiger partial charge >= 0.3 is 0 Å². The maximum Gasteiger partial charge on any atom is 0.272 e. The van der Waals surface area contributed by atoms with Crippen LogP contribution in [0.1, 0.15) is 42.6 Å². The third-order valence-electron chi connectivity index (χ3n) is 6.46. The monoisotopic (exact) mass is 441 g/mol. The van der Waals surface area contributed by atoms with E-state index in [4.69, 9.17) is 11.6 Å². The van der Waals surface area contributed by atoms with Gasteiger partial charge in [-0.1, -0.05) is 11.6 Å². The lowest BCUT2D eigenvalue weighted by molar-refractivity contribution is -0.127. The summed E-state index contributed by atoms with van der Waals surface area (Å²) in [5.41, 5.74) is 1.06. The van der Waals surface area contributed by atoms with Crippen LogP contribution in [0.25, 0.3) is 5.65 Å². The Hall–Kier alpha value is -3.00. The Morgan fingerprint density at radius 2 is 2.03 bits per heavy atom. The Bertz CT molecular complexity index is 1140. The van der Waals surface area contributed by atoms with Crippen molar-refractivity contribution in [1.82, 2.24) is 19.9 Å². The molecular formula is C22H21ClFN5O2. The molecule has 160 valence electrons. The number of fused-ring (bicyclic) bond motifs is 1. The first-order valence-corrected chi connectivity index (χ1v) is 10.7. The molecule has 2 amide bonds. The van der Waals surface area contributed by atoms with Crippen LogP contribution in [0.2, 0.25) is 5.02 Å². The fraction of sp³-hybridized carbons (Fsp3) is 0.364. The number of nitrogens with zero attached hydrogens (tertiary/aromatic N) is 4. The standard InChI is InChI=1S/C22H21ClFN5O2/c23-16-12-14(24)2-3-18(16)28-11-8-22(21(28)31)6-4-15(5-7-22)26-20(30)17-13-19-25-9-1-10-29(19)27-17/h1-3,9-10,12-13,15H,4-8,11H2,(H,26,30). The van der Waals surface area contributed by atoms with E-state index in [-0.39, 0.29) is 22.9 Å². The van der Waals surface area contributed by atoms with Crippen molar-refractivity contribution in [2.75, 3.05) is 11.4 Å². The van der Waals surface area contributed by atoms with Crippen molar-refractivity contribution in [3.63, 3.8) is 0 Å². The Kier molecular flexibility index (Phi) is 4.89. The Balaban J connectivity index is 1.23. The van der Waals surface area contributed by atoms with Crippen molar-refractivity contribution >= 4 is 34.7 Å². The summed E-state index contributed by atoms with van der Waals surface area (Å²) < 4.78 is 14.9. The van der Waals surface area contributed by atoms with Gasteiger partial charge in [0.25, 0.3) is 5.91 Å². The molecule has 3 heterocycles. The zero-order chi connectivity index (χ0) is 21.6. The van der Waals surface area contributed by atoms with E-state index in [1.807, 2.05) is 0 Å². The normalized spacial score (nSPS) is 23.6. The van der Waals surface area contributed by atoms with Gasteiger partial charge < -0.3 is 10.2 Å². The van der Waals surface area contributed by atoms with Crippen LogP contribution in [0.5, 0.6) is 0 Å². The first kappa shape index (κ1) is 19.9. The van der Waals surface area contributed by atoms with Gasteiger partial charge in [-0.3, -0.25) is 9.59 Å². The lowest BCUT2D eigenvalue weighted by Gasteiger charge is -2.36. The quantitative estimate of drug-likeness (QED) is 0.673. The van der Waals surface area contributed by atoms with Crippen LogP contribution in [-0.2, 0) is 4.79 Å². The van der Waals surface area contributed by atoms with Gasteiger partial charge in [-0.2, -0.15) is 5.10 Å². The number of nitrogens with one attached hydrogen (secondary N) is 1. The highest BCUT2D eigenvalue weighted by molar-refractivity contribution is 6.34. The van der Waals surface area contributed by atoms with Gasteiger partial charge in [-0.25, -0.2) is 13.9 Å². The second-order valence-electron chi connectivity index (χ2n) is 8.28. The largest absolute Gasteiger partial charge is 0.348 e. The van der Waals surface area contributed by atoms with Crippen LogP contribution < -0.4 is 10.2 Å². The Morgan fingerprint density at radius 1 is 1.23 bits per heavy atom. The van der Waals surface area contributed by atoms with E-state index in [1.165, 1.54) is 12.1 Å². The number of amides is 2. The summed E-state index contributed by atoms with van der Waals surface area (Å²) in [4.78, 5) is 31.7. The molecule has 2 aromatic heterocycles. The van der Waals surface area contributed by atoms with Crippen molar-refractivity contribution in [1.29, 1.82) is 0 Å². The molecule has 1 N–H and O–H groups in total. The maximum absolute atomic E-state index is 13.4. The maximum atomic E-state index is 13.4. The molecule has 9 heteroatoms. The Morgan fingerprint density at radius 3 is 2.77 bits per heavy atom. The number of hydrogen-bond donors (Lipinski definition) is 1. The highest BCUT2D eigenvalue weighted by Gasteiger charge is 2.49. The summed E-state index contributed by atoms with van der Waals surface area (Å²) in [6.45, 7) is 0.565. The fourth-order valence-electron chi connectivity index (χ4n) is 4.73. The third-order valence-corrected chi connectivity index (χ3v) is 6.76. The number of benzene rings is 1. The highest BCUT2D eigenvalue weighted by atomic mass is 35.5. The number of carbonyl (C=O) groups excluding carboxylic acids is 2. The van der Waals surface area contributed by atoms with Crippen LogP contribution in [0.4, 0.5) is 10.1 Å². The van der Waals surface area contributed by atoms with Crippen molar-refractivity contribution < 1.29 is 14.0 Å². The second-order valence-corrected chi connectivity index (χ2v) is 8.69. The lowest BCUT2D eigenvalue weighted by atomic mass is 9.71. The number of hydrogen-bond acceptors (Lipinski definition) is 4. The third kappa shape index (κ3) is 3.54. The molecule has 1 spiro atoms. The molecule has 5 rings (SSSR count). The molecule has 1 saturated heterocycles. The van der Waals surface area contributed by atoms with Gasteiger partial charge in [0.2, 0.25) is 5.91 Å². The van der Waals surface area contributed by atoms with Gasteiger partial charge in [0.05, 0.1) is 16.1 Å². The molecule has 2 aliphatic rings. The summed E-state index contributed by atoms with van der Waals surface area (Å²) in [5.74, 6) is -0.617. The number of aromatic nitrogens is 3. The van der Waals surface area contributed by atoms with Crippen molar-refractivity contribution in [2.24, 2.45) is 5.41 Å². The summed E-state index contributed by atoms with van der Waals surface area (Å²) in [6, 6.07) is 7.52. The van der Waals surface area contributed by atoms with Gasteiger partial charge in [0.15, 0.2) is 11.3 Å². The Labute approximate surface area is 183 Å². The fourth-order valence-corrected chi connectivity index (χ4v) is 5.00. The number of halogens is 2. The molecule has 2 fully saturated rings. The lowest BCUT2D eigenvalue weighted by Crippen LogP contribution is -2.44. The molecule has 0 radical (unpaired) electrons. The molecule has 31 heavy (non-hydrogen) atoms. The van der Waals surface area contributed by atoms with E-state index in [0.29, 0.717) is 49.3 Å². The van der Waals surface area contributed by atoms with Gasteiger partial charge in [0, 0.05) is 31.0 Å². The molecule has 1 aliphatic heterocycles. The van der Waals surface area contributed by atoms with Crippen LogP contribution in [0, 0.1) is 11.2 Å². The predicted octanol–water partition coefficient (Wildman–Crippen LogP) is 3.62. The first-order chi connectivity index (χ1) is 14.9. The summed E-state index contributed by atoms with van der Waals surface area (Å²) in [5, 5.41) is 7.55. The van der Waals surface area contributed by atoms with E-state index in [9.17, 15) is 14.0 Å². The van der Waals surface area contributed by atoms with Crippen LogP contribution in [0.3, 0.4) is 0 Å². The first-order valence-electron chi connectivity index (χ1n) is 10.3. The van der Waals surface area contributed by atoms with Crippen molar-refractivity contribution in [3.8, 4) is 0 Å². The molecule has 3 aromatic rings. The van der Waals surface area contributed by atoms with Gasteiger partial charge in [0.1, 0.15) is 5.82 Å². The number of anilines is 1. The zero-order valence-corrected chi connectivity index (χ0v) is 17.5.